The Bertz CT molecular complexity index is 468. The summed E-state index contributed by atoms with van der Waals surface area (Å²) < 4.78 is 4.87. The van der Waals surface area contributed by atoms with Gasteiger partial charge in [-0.05, 0) is 31.5 Å². The Morgan fingerprint density at radius 1 is 1.15 bits per heavy atom. The van der Waals surface area contributed by atoms with E-state index in [2.05, 4.69) is 0 Å². The normalized spacial score (nSPS) is 10.1. The van der Waals surface area contributed by atoms with Gasteiger partial charge in [-0.15, -0.1) is 0 Å². The summed E-state index contributed by atoms with van der Waals surface area (Å²) in [7, 11) is 0. The fourth-order valence-electron chi connectivity index (χ4n) is 1.87. The third-order valence-corrected chi connectivity index (χ3v) is 2.63. The molecule has 1 aromatic rings. The minimum absolute atomic E-state index is 0.0742. The molecule has 0 aliphatic rings. The molecule has 20 heavy (non-hydrogen) atoms. The third-order valence-electron chi connectivity index (χ3n) is 2.63. The van der Waals surface area contributed by atoms with Crippen molar-refractivity contribution >= 4 is 23.3 Å². The van der Waals surface area contributed by atoms with Crippen LogP contribution in [0.4, 0.5) is 11.4 Å². The molecule has 4 N–H and O–H groups in total. The summed E-state index contributed by atoms with van der Waals surface area (Å²) in [4.78, 5) is 25.4. The van der Waals surface area contributed by atoms with Crippen LogP contribution in [-0.2, 0) is 9.53 Å². The van der Waals surface area contributed by atoms with Crippen molar-refractivity contribution in [1.29, 1.82) is 0 Å². The Hall–Kier alpha value is -2.24. The molecule has 6 nitrogen and oxygen atoms in total. The molecule has 0 heterocycles. The first kappa shape index (κ1) is 15.8. The topological polar surface area (TPSA) is 98.6 Å². The van der Waals surface area contributed by atoms with Crippen LogP contribution in [0.25, 0.3) is 0 Å². The standard InChI is InChI=1S/C14H21N3O3/c1-3-5-17(9-13(18)20-4-2)14(19)10-6-11(15)8-12(16)7-10/h6-8H,3-5,9,15-16H2,1-2H3. The number of esters is 1. The molecule has 1 amide bonds. The van der Waals surface area contributed by atoms with E-state index in [1.54, 1.807) is 25.1 Å². The molecule has 1 aromatic carbocycles. The first-order valence-corrected chi connectivity index (χ1v) is 6.58. The third kappa shape index (κ3) is 4.46. The van der Waals surface area contributed by atoms with E-state index in [4.69, 9.17) is 16.2 Å². The Labute approximate surface area is 118 Å². The maximum Gasteiger partial charge on any atom is 0.325 e. The van der Waals surface area contributed by atoms with Crippen LogP contribution in [0.15, 0.2) is 18.2 Å². The summed E-state index contributed by atoms with van der Waals surface area (Å²) in [6, 6.07) is 4.67. The summed E-state index contributed by atoms with van der Waals surface area (Å²) in [5.74, 6) is -0.704. The van der Waals surface area contributed by atoms with Crippen molar-refractivity contribution in [3.63, 3.8) is 0 Å². The number of ether oxygens (including phenoxy) is 1. The summed E-state index contributed by atoms with van der Waals surface area (Å²) in [5, 5.41) is 0. The van der Waals surface area contributed by atoms with Crippen molar-refractivity contribution in [3.05, 3.63) is 23.8 Å². The number of carbonyl (C=O) groups excluding carboxylic acids is 2. The quantitative estimate of drug-likeness (QED) is 0.603. The molecule has 0 aliphatic carbocycles. The molecule has 0 aliphatic heterocycles. The summed E-state index contributed by atoms with van der Waals surface area (Å²) in [5.41, 5.74) is 12.6. The number of nitrogens with zero attached hydrogens (tertiary/aromatic N) is 1. The number of nitrogens with two attached hydrogens (primary N) is 2. The average Bonchev–Trinajstić information content (AvgIpc) is 2.36. The molecule has 6 heteroatoms. The number of hydrogen-bond donors (Lipinski definition) is 2. The molecule has 0 unspecified atom stereocenters. The number of hydrogen-bond acceptors (Lipinski definition) is 5. The van der Waals surface area contributed by atoms with Crippen LogP contribution in [0, 0.1) is 0 Å². The molecule has 0 radical (unpaired) electrons. The molecule has 0 atom stereocenters. The van der Waals surface area contributed by atoms with E-state index in [9.17, 15) is 9.59 Å². The zero-order chi connectivity index (χ0) is 15.1. The molecule has 0 saturated carbocycles. The molecule has 0 saturated heterocycles. The second kappa shape index (κ2) is 7.37. The fraction of sp³-hybridized carbons (Fsp3) is 0.429. The van der Waals surface area contributed by atoms with E-state index in [0.717, 1.165) is 6.42 Å². The molecule has 110 valence electrons. The number of benzene rings is 1. The summed E-state index contributed by atoms with van der Waals surface area (Å²) in [6.45, 7) is 4.33. The van der Waals surface area contributed by atoms with Gasteiger partial charge in [0.1, 0.15) is 6.54 Å². The lowest BCUT2D eigenvalue weighted by atomic mass is 10.1. The van der Waals surface area contributed by atoms with Gasteiger partial charge in [-0.2, -0.15) is 0 Å². The average molecular weight is 279 g/mol. The predicted molar refractivity (Wildman–Crippen MR) is 78.1 cm³/mol. The molecule has 0 spiro atoms. The van der Waals surface area contributed by atoms with Crippen molar-refractivity contribution in [2.75, 3.05) is 31.2 Å². The van der Waals surface area contributed by atoms with E-state index in [-0.39, 0.29) is 19.1 Å². The lowest BCUT2D eigenvalue weighted by molar-refractivity contribution is -0.143. The van der Waals surface area contributed by atoms with Gasteiger partial charge in [0.05, 0.1) is 6.61 Å². The lowest BCUT2D eigenvalue weighted by Crippen LogP contribution is -2.37. The first-order valence-electron chi connectivity index (χ1n) is 6.58. The number of nitrogen functional groups attached to an aromatic ring is 2. The van der Waals surface area contributed by atoms with Gasteiger partial charge in [-0.25, -0.2) is 0 Å². The molecular formula is C14H21N3O3. The summed E-state index contributed by atoms with van der Waals surface area (Å²) >= 11 is 0. The Kier molecular flexibility index (Phi) is 5.83. The smallest absolute Gasteiger partial charge is 0.325 e. The van der Waals surface area contributed by atoms with Crippen LogP contribution in [0.3, 0.4) is 0 Å². The number of rotatable bonds is 6. The van der Waals surface area contributed by atoms with Crippen LogP contribution in [0.2, 0.25) is 0 Å². The number of amides is 1. The van der Waals surface area contributed by atoms with Crippen LogP contribution in [0.5, 0.6) is 0 Å². The molecule has 0 aromatic heterocycles. The highest BCUT2D eigenvalue weighted by molar-refractivity contribution is 5.97. The van der Waals surface area contributed by atoms with Crippen molar-refractivity contribution in [2.24, 2.45) is 0 Å². The maximum absolute atomic E-state index is 12.4. The zero-order valence-corrected chi connectivity index (χ0v) is 11.9. The second-order valence-corrected chi connectivity index (χ2v) is 4.42. The maximum atomic E-state index is 12.4. The number of carbonyl (C=O) groups is 2. The van der Waals surface area contributed by atoms with Crippen molar-refractivity contribution in [3.8, 4) is 0 Å². The monoisotopic (exact) mass is 279 g/mol. The van der Waals surface area contributed by atoms with E-state index in [1.807, 2.05) is 6.92 Å². The van der Waals surface area contributed by atoms with E-state index in [0.29, 0.717) is 23.5 Å². The summed E-state index contributed by atoms with van der Waals surface area (Å²) in [6.07, 6.45) is 0.739. The van der Waals surface area contributed by atoms with Gasteiger partial charge in [0.15, 0.2) is 0 Å². The van der Waals surface area contributed by atoms with E-state index >= 15 is 0 Å². The second-order valence-electron chi connectivity index (χ2n) is 4.42. The largest absolute Gasteiger partial charge is 0.465 e. The van der Waals surface area contributed by atoms with Gasteiger partial charge < -0.3 is 21.1 Å². The van der Waals surface area contributed by atoms with Crippen LogP contribution < -0.4 is 11.5 Å². The van der Waals surface area contributed by atoms with Crippen molar-refractivity contribution in [1.82, 2.24) is 4.90 Å². The number of anilines is 2. The van der Waals surface area contributed by atoms with Gasteiger partial charge in [0.25, 0.3) is 5.91 Å². The van der Waals surface area contributed by atoms with Gasteiger partial charge >= 0.3 is 5.97 Å². The molecule has 1 rings (SSSR count). The Morgan fingerprint density at radius 2 is 1.75 bits per heavy atom. The lowest BCUT2D eigenvalue weighted by Gasteiger charge is -2.21. The Morgan fingerprint density at radius 3 is 2.25 bits per heavy atom. The van der Waals surface area contributed by atoms with Gasteiger partial charge in [-0.1, -0.05) is 6.92 Å². The molecule has 0 fully saturated rings. The molecule has 0 bridgehead atoms. The van der Waals surface area contributed by atoms with Crippen LogP contribution >= 0.6 is 0 Å². The fourth-order valence-corrected chi connectivity index (χ4v) is 1.87. The van der Waals surface area contributed by atoms with Gasteiger partial charge in [0.2, 0.25) is 0 Å². The van der Waals surface area contributed by atoms with E-state index < -0.39 is 5.97 Å². The van der Waals surface area contributed by atoms with Crippen molar-refractivity contribution < 1.29 is 14.3 Å². The molecular weight excluding hydrogens is 258 g/mol. The van der Waals surface area contributed by atoms with Crippen LogP contribution in [0.1, 0.15) is 30.6 Å². The minimum Gasteiger partial charge on any atom is -0.465 e. The Balaban J connectivity index is 2.89. The SMILES string of the molecule is CCCN(CC(=O)OCC)C(=O)c1cc(N)cc(N)c1. The predicted octanol–water partition coefficient (Wildman–Crippen LogP) is 1.27. The van der Waals surface area contributed by atoms with Gasteiger partial charge in [-0.3, -0.25) is 9.59 Å². The van der Waals surface area contributed by atoms with Crippen LogP contribution in [-0.4, -0.2) is 36.5 Å². The highest BCUT2D eigenvalue weighted by Gasteiger charge is 2.19. The van der Waals surface area contributed by atoms with E-state index in [1.165, 1.54) is 4.90 Å². The zero-order valence-electron chi connectivity index (χ0n) is 11.9. The highest BCUT2D eigenvalue weighted by atomic mass is 16.5. The highest BCUT2D eigenvalue weighted by Crippen LogP contribution is 2.15. The first-order chi connectivity index (χ1) is 9.47. The van der Waals surface area contributed by atoms with Crippen molar-refractivity contribution in [2.45, 2.75) is 20.3 Å². The van der Waals surface area contributed by atoms with Gasteiger partial charge in [0, 0.05) is 23.5 Å². The minimum atomic E-state index is -0.425.